The quantitative estimate of drug-likeness (QED) is 0.519. The number of fused-ring (bicyclic) bond motifs is 1. The molecule has 0 spiro atoms. The second-order valence-corrected chi connectivity index (χ2v) is 4.51. The first-order valence-electron chi connectivity index (χ1n) is 4.58. The summed E-state index contributed by atoms with van der Waals surface area (Å²) in [5, 5.41) is 5.77. The number of anilines is 2. The Labute approximate surface area is 98.7 Å². The summed E-state index contributed by atoms with van der Waals surface area (Å²) in [6.45, 7) is 0. The molecule has 0 radical (unpaired) electrons. The molecule has 1 heterocycles. The number of thiol groups is 1. The van der Waals surface area contributed by atoms with Crippen LogP contribution in [0.5, 0.6) is 0 Å². The molecular weight excluding hydrogens is 228 g/mol. The van der Waals surface area contributed by atoms with Gasteiger partial charge in [-0.25, -0.2) is 0 Å². The number of hydrogen-bond acceptors (Lipinski definition) is 2. The highest BCUT2D eigenvalue weighted by atomic mass is 32.1. The number of hydrogen-bond donors (Lipinski definition) is 3. The molecular formula is C10H10N2OS2. The Morgan fingerprint density at radius 3 is 3.00 bits per heavy atom. The van der Waals surface area contributed by atoms with E-state index in [1.807, 2.05) is 18.2 Å². The highest BCUT2D eigenvalue weighted by Gasteiger charge is 2.14. The summed E-state index contributed by atoms with van der Waals surface area (Å²) >= 11 is 8.83. The smallest absolute Gasteiger partial charge is 0.224 e. The first-order valence-corrected chi connectivity index (χ1v) is 5.43. The largest absolute Gasteiger partial charge is 0.341 e. The zero-order valence-corrected chi connectivity index (χ0v) is 9.62. The van der Waals surface area contributed by atoms with E-state index < -0.39 is 0 Å². The molecule has 1 aromatic rings. The van der Waals surface area contributed by atoms with E-state index in [4.69, 9.17) is 12.2 Å². The van der Waals surface area contributed by atoms with Gasteiger partial charge in [0.05, 0.1) is 0 Å². The fourth-order valence-electron chi connectivity index (χ4n) is 1.58. The van der Waals surface area contributed by atoms with Gasteiger partial charge in [-0.3, -0.25) is 4.79 Å². The van der Waals surface area contributed by atoms with E-state index in [1.165, 1.54) is 0 Å². The van der Waals surface area contributed by atoms with Gasteiger partial charge in [0.15, 0.2) is 0 Å². The number of benzene rings is 1. The van der Waals surface area contributed by atoms with E-state index in [0.717, 1.165) is 23.4 Å². The second-order valence-electron chi connectivity index (χ2n) is 3.35. The van der Waals surface area contributed by atoms with Gasteiger partial charge < -0.3 is 10.6 Å². The van der Waals surface area contributed by atoms with E-state index in [2.05, 4.69) is 23.3 Å². The van der Waals surface area contributed by atoms with Crippen molar-refractivity contribution in [3.63, 3.8) is 0 Å². The first-order chi connectivity index (χ1) is 7.15. The van der Waals surface area contributed by atoms with E-state index in [1.54, 1.807) is 0 Å². The maximum absolute atomic E-state index is 11.1. The minimum atomic E-state index is 0.0768. The lowest BCUT2D eigenvalue weighted by atomic mass is 10.0. The molecule has 1 aliphatic heterocycles. The van der Waals surface area contributed by atoms with Crippen LogP contribution in [0.2, 0.25) is 0 Å². The van der Waals surface area contributed by atoms with Crippen molar-refractivity contribution >= 4 is 46.4 Å². The zero-order chi connectivity index (χ0) is 10.8. The van der Waals surface area contributed by atoms with Crippen LogP contribution in [0, 0.1) is 0 Å². The van der Waals surface area contributed by atoms with E-state index in [0.29, 0.717) is 10.7 Å². The van der Waals surface area contributed by atoms with Crippen molar-refractivity contribution in [2.75, 3.05) is 10.6 Å². The van der Waals surface area contributed by atoms with Crippen LogP contribution in [0.25, 0.3) is 0 Å². The van der Waals surface area contributed by atoms with Crippen molar-refractivity contribution in [1.29, 1.82) is 0 Å². The number of carbonyl (C=O) groups excluding carboxylic acids is 1. The molecule has 1 amide bonds. The van der Waals surface area contributed by atoms with Gasteiger partial charge in [-0.05, 0) is 30.2 Å². The third-order valence-electron chi connectivity index (χ3n) is 2.25. The Balaban J connectivity index is 2.26. The highest BCUT2D eigenvalue weighted by molar-refractivity contribution is 8.11. The summed E-state index contributed by atoms with van der Waals surface area (Å²) in [5.41, 5.74) is 2.93. The number of amides is 1. The molecule has 0 unspecified atom stereocenters. The molecule has 0 saturated carbocycles. The van der Waals surface area contributed by atoms with Gasteiger partial charge in [0, 0.05) is 17.8 Å². The lowest BCUT2D eigenvalue weighted by molar-refractivity contribution is -0.116. The van der Waals surface area contributed by atoms with Crippen molar-refractivity contribution in [2.45, 2.75) is 12.8 Å². The molecule has 78 valence electrons. The molecule has 2 rings (SSSR count). The summed E-state index contributed by atoms with van der Waals surface area (Å²) in [6, 6.07) is 5.73. The van der Waals surface area contributed by atoms with Crippen LogP contribution in [-0.2, 0) is 11.2 Å². The number of aryl methyl sites for hydroxylation is 1. The van der Waals surface area contributed by atoms with Gasteiger partial charge in [0.2, 0.25) is 5.91 Å². The third kappa shape index (κ3) is 2.49. The maximum Gasteiger partial charge on any atom is 0.224 e. The highest BCUT2D eigenvalue weighted by Crippen LogP contribution is 2.25. The summed E-state index contributed by atoms with van der Waals surface area (Å²) < 4.78 is 0.440. The maximum atomic E-state index is 11.1. The Morgan fingerprint density at radius 2 is 2.27 bits per heavy atom. The minimum absolute atomic E-state index is 0.0768. The van der Waals surface area contributed by atoms with Crippen LogP contribution >= 0.6 is 24.8 Å². The Kier molecular flexibility index (Phi) is 2.93. The molecule has 1 aromatic carbocycles. The van der Waals surface area contributed by atoms with Crippen molar-refractivity contribution in [2.24, 2.45) is 0 Å². The molecule has 0 aliphatic carbocycles. The van der Waals surface area contributed by atoms with E-state index in [9.17, 15) is 4.79 Å². The summed E-state index contributed by atoms with van der Waals surface area (Å²) in [6.07, 6.45) is 1.32. The molecule has 0 atom stereocenters. The molecule has 15 heavy (non-hydrogen) atoms. The van der Waals surface area contributed by atoms with Crippen molar-refractivity contribution in [3.8, 4) is 0 Å². The molecule has 0 bridgehead atoms. The second kappa shape index (κ2) is 4.20. The fourth-order valence-corrected chi connectivity index (χ4v) is 1.83. The molecule has 2 N–H and O–H groups in total. The van der Waals surface area contributed by atoms with Gasteiger partial charge in [0.1, 0.15) is 4.32 Å². The van der Waals surface area contributed by atoms with Crippen LogP contribution < -0.4 is 10.6 Å². The van der Waals surface area contributed by atoms with Crippen molar-refractivity contribution < 1.29 is 4.79 Å². The Morgan fingerprint density at radius 1 is 1.47 bits per heavy atom. The van der Waals surface area contributed by atoms with Gasteiger partial charge in [-0.15, -0.1) is 12.6 Å². The molecule has 0 saturated heterocycles. The van der Waals surface area contributed by atoms with Gasteiger partial charge in [0.25, 0.3) is 0 Å². The number of rotatable bonds is 1. The summed E-state index contributed by atoms with van der Waals surface area (Å²) in [7, 11) is 0. The number of thiocarbonyl (C=S) groups is 1. The van der Waals surface area contributed by atoms with Crippen LogP contribution in [0.1, 0.15) is 12.0 Å². The predicted octanol–water partition coefficient (Wildman–Crippen LogP) is 2.20. The van der Waals surface area contributed by atoms with Crippen molar-refractivity contribution in [3.05, 3.63) is 23.8 Å². The Hall–Kier alpha value is -1.07. The molecule has 0 fully saturated rings. The average Bonchev–Trinajstić information content (AvgIpc) is 2.17. The normalized spacial score (nSPS) is 14.1. The minimum Gasteiger partial charge on any atom is -0.341 e. The number of carbonyl (C=O) groups is 1. The molecule has 3 nitrogen and oxygen atoms in total. The van der Waals surface area contributed by atoms with Crippen LogP contribution in [0.15, 0.2) is 18.2 Å². The predicted molar refractivity (Wildman–Crippen MR) is 68.6 cm³/mol. The monoisotopic (exact) mass is 238 g/mol. The van der Waals surface area contributed by atoms with Crippen LogP contribution in [0.4, 0.5) is 11.4 Å². The van der Waals surface area contributed by atoms with Gasteiger partial charge >= 0.3 is 0 Å². The summed E-state index contributed by atoms with van der Waals surface area (Å²) in [5.74, 6) is 0.0768. The van der Waals surface area contributed by atoms with Crippen molar-refractivity contribution in [1.82, 2.24) is 0 Å². The lowest BCUT2D eigenvalue weighted by Gasteiger charge is -2.17. The topological polar surface area (TPSA) is 41.1 Å². The lowest BCUT2D eigenvalue weighted by Crippen LogP contribution is -2.19. The van der Waals surface area contributed by atoms with E-state index >= 15 is 0 Å². The molecule has 1 aliphatic rings. The number of nitrogens with one attached hydrogen (secondary N) is 2. The Bertz CT molecular complexity index is 431. The van der Waals surface area contributed by atoms with E-state index in [-0.39, 0.29) is 5.91 Å². The third-order valence-corrected chi connectivity index (χ3v) is 2.47. The average molecular weight is 238 g/mol. The van der Waals surface area contributed by atoms with Crippen LogP contribution in [-0.4, -0.2) is 10.2 Å². The molecule has 5 heteroatoms. The molecule has 0 aromatic heterocycles. The van der Waals surface area contributed by atoms with Crippen LogP contribution in [0.3, 0.4) is 0 Å². The summed E-state index contributed by atoms with van der Waals surface area (Å²) in [4.78, 5) is 11.1. The van der Waals surface area contributed by atoms with Gasteiger partial charge in [-0.1, -0.05) is 12.2 Å². The zero-order valence-electron chi connectivity index (χ0n) is 7.91. The van der Waals surface area contributed by atoms with Gasteiger partial charge in [-0.2, -0.15) is 0 Å². The fraction of sp³-hybridized carbons (Fsp3) is 0.200. The SMILES string of the molecule is O=C1CCc2cc(NC(=S)S)ccc2N1. The standard InChI is InChI=1S/C10H10N2OS2/c13-9-4-1-6-5-7(11-10(14)15)2-3-8(6)12-9/h2-3,5H,1,4H2,(H,12,13)(H2,11,14,15). The first kappa shape index (κ1) is 10.4.